The van der Waals surface area contributed by atoms with E-state index >= 15 is 0 Å². The monoisotopic (exact) mass is 275 g/mol. The molecule has 2 aliphatic rings. The Hall–Kier alpha value is -1.22. The van der Waals surface area contributed by atoms with Crippen LogP contribution in [0, 0.1) is 5.41 Å². The van der Waals surface area contributed by atoms with E-state index in [1.54, 1.807) is 0 Å². The fourth-order valence-corrected chi connectivity index (χ4v) is 3.45. The van der Waals surface area contributed by atoms with Crippen molar-refractivity contribution in [3.05, 3.63) is 23.8 Å². The lowest BCUT2D eigenvalue weighted by Gasteiger charge is -2.54. The van der Waals surface area contributed by atoms with Gasteiger partial charge in [0.15, 0.2) is 0 Å². The zero-order chi connectivity index (χ0) is 14.2. The Morgan fingerprint density at radius 3 is 3.00 bits per heavy atom. The number of nitrogens with one attached hydrogen (secondary N) is 1. The molecule has 1 aliphatic heterocycles. The number of hydrogen-bond donors (Lipinski definition) is 1. The van der Waals surface area contributed by atoms with Gasteiger partial charge in [-0.1, -0.05) is 13.8 Å². The largest absolute Gasteiger partial charge is 0.493 e. The highest BCUT2D eigenvalue weighted by atomic mass is 16.5. The lowest BCUT2D eigenvalue weighted by Crippen LogP contribution is -2.59. The van der Waals surface area contributed by atoms with Crippen LogP contribution in [0.2, 0.25) is 0 Å². The molecule has 0 radical (unpaired) electrons. The van der Waals surface area contributed by atoms with E-state index in [1.807, 2.05) is 0 Å². The van der Waals surface area contributed by atoms with Crippen LogP contribution >= 0.6 is 0 Å². The van der Waals surface area contributed by atoms with Gasteiger partial charge in [0.1, 0.15) is 5.75 Å². The molecule has 0 spiro atoms. The van der Waals surface area contributed by atoms with E-state index in [-0.39, 0.29) is 5.41 Å². The second-order valence-corrected chi connectivity index (χ2v) is 6.16. The van der Waals surface area contributed by atoms with Gasteiger partial charge in [0.05, 0.1) is 12.7 Å². The number of rotatable bonds is 5. The van der Waals surface area contributed by atoms with E-state index in [4.69, 9.17) is 9.47 Å². The first-order valence-corrected chi connectivity index (χ1v) is 7.81. The van der Waals surface area contributed by atoms with E-state index in [2.05, 4.69) is 44.3 Å². The van der Waals surface area contributed by atoms with Gasteiger partial charge in [-0.05, 0) is 43.5 Å². The molecule has 20 heavy (non-hydrogen) atoms. The summed E-state index contributed by atoms with van der Waals surface area (Å²) < 4.78 is 11.4. The summed E-state index contributed by atoms with van der Waals surface area (Å²) >= 11 is 0. The molecule has 1 heterocycles. The van der Waals surface area contributed by atoms with Crippen LogP contribution in [0.15, 0.2) is 18.2 Å². The quantitative estimate of drug-likeness (QED) is 0.890. The Kier molecular flexibility index (Phi) is 3.63. The van der Waals surface area contributed by atoms with Crippen molar-refractivity contribution in [3.63, 3.8) is 0 Å². The average molecular weight is 275 g/mol. The summed E-state index contributed by atoms with van der Waals surface area (Å²) in [4.78, 5) is 0. The normalized spacial score (nSPS) is 31.4. The van der Waals surface area contributed by atoms with Gasteiger partial charge in [-0.15, -0.1) is 0 Å². The van der Waals surface area contributed by atoms with Crippen LogP contribution in [0.3, 0.4) is 0 Å². The number of benzene rings is 1. The van der Waals surface area contributed by atoms with Crippen LogP contribution in [-0.2, 0) is 11.2 Å². The van der Waals surface area contributed by atoms with Crippen LogP contribution in [0.25, 0.3) is 0 Å². The lowest BCUT2D eigenvalue weighted by atomic mass is 9.61. The highest BCUT2D eigenvalue weighted by Crippen LogP contribution is 2.47. The van der Waals surface area contributed by atoms with E-state index in [0.29, 0.717) is 12.1 Å². The predicted octanol–water partition coefficient (Wildman–Crippen LogP) is 3.63. The Morgan fingerprint density at radius 2 is 2.25 bits per heavy atom. The molecular formula is C17H25NO2. The topological polar surface area (TPSA) is 30.5 Å². The SMILES string of the molecule is CCOC1CC(Nc2ccc3c(c2)CCO3)C1(C)CC. The predicted molar refractivity (Wildman–Crippen MR) is 81.5 cm³/mol. The zero-order valence-corrected chi connectivity index (χ0v) is 12.7. The minimum absolute atomic E-state index is 0.242. The first-order valence-electron chi connectivity index (χ1n) is 7.81. The van der Waals surface area contributed by atoms with Crippen molar-refractivity contribution >= 4 is 5.69 Å². The minimum atomic E-state index is 0.242. The van der Waals surface area contributed by atoms with Crippen LogP contribution in [0.1, 0.15) is 39.2 Å². The summed E-state index contributed by atoms with van der Waals surface area (Å²) in [5.74, 6) is 1.05. The van der Waals surface area contributed by atoms with E-state index in [9.17, 15) is 0 Å². The van der Waals surface area contributed by atoms with Gasteiger partial charge in [0.2, 0.25) is 0 Å². The Morgan fingerprint density at radius 1 is 1.40 bits per heavy atom. The van der Waals surface area contributed by atoms with Crippen LogP contribution in [0.4, 0.5) is 5.69 Å². The minimum Gasteiger partial charge on any atom is -0.493 e. The standard InChI is InChI=1S/C17H25NO2/c1-4-17(3)15(11-16(17)19-5-2)18-13-6-7-14-12(10-13)8-9-20-14/h6-7,10,15-16,18H,4-5,8-9,11H2,1-3H3. The van der Waals surface area contributed by atoms with Crippen LogP contribution in [0.5, 0.6) is 5.75 Å². The maximum absolute atomic E-state index is 5.87. The molecule has 3 heteroatoms. The summed E-state index contributed by atoms with van der Waals surface area (Å²) in [5, 5.41) is 3.70. The third kappa shape index (κ3) is 2.18. The molecule has 0 bridgehead atoms. The molecule has 1 aromatic carbocycles. The van der Waals surface area contributed by atoms with Crippen LogP contribution < -0.4 is 10.1 Å². The summed E-state index contributed by atoms with van der Waals surface area (Å²) in [7, 11) is 0. The smallest absolute Gasteiger partial charge is 0.122 e. The van der Waals surface area contributed by atoms with Crippen LogP contribution in [-0.4, -0.2) is 25.4 Å². The first-order chi connectivity index (χ1) is 9.67. The molecule has 3 atom stereocenters. The molecule has 3 nitrogen and oxygen atoms in total. The Balaban J connectivity index is 1.69. The molecule has 0 aromatic heterocycles. The number of hydrogen-bond acceptors (Lipinski definition) is 3. The van der Waals surface area contributed by atoms with E-state index in [0.717, 1.165) is 38.2 Å². The van der Waals surface area contributed by atoms with Gasteiger partial charge < -0.3 is 14.8 Å². The molecule has 0 amide bonds. The van der Waals surface area contributed by atoms with Gasteiger partial charge >= 0.3 is 0 Å². The van der Waals surface area contributed by atoms with E-state index < -0.39 is 0 Å². The van der Waals surface area contributed by atoms with Crippen molar-refractivity contribution in [2.75, 3.05) is 18.5 Å². The molecule has 1 aromatic rings. The van der Waals surface area contributed by atoms with Crippen molar-refractivity contribution in [1.29, 1.82) is 0 Å². The lowest BCUT2D eigenvalue weighted by molar-refractivity contribution is -0.109. The van der Waals surface area contributed by atoms with Gasteiger partial charge in [0.25, 0.3) is 0 Å². The maximum atomic E-state index is 5.87. The van der Waals surface area contributed by atoms with Gasteiger partial charge in [-0.2, -0.15) is 0 Å². The van der Waals surface area contributed by atoms with Crippen molar-refractivity contribution in [2.24, 2.45) is 5.41 Å². The summed E-state index contributed by atoms with van der Waals surface area (Å²) in [5.41, 5.74) is 2.79. The molecule has 3 unspecified atom stereocenters. The second-order valence-electron chi connectivity index (χ2n) is 6.16. The van der Waals surface area contributed by atoms with Gasteiger partial charge in [0, 0.05) is 30.2 Å². The maximum Gasteiger partial charge on any atom is 0.122 e. The third-order valence-corrected chi connectivity index (χ3v) is 5.14. The molecule has 1 aliphatic carbocycles. The second kappa shape index (κ2) is 5.28. The zero-order valence-electron chi connectivity index (χ0n) is 12.7. The number of fused-ring (bicyclic) bond motifs is 1. The molecule has 110 valence electrons. The Labute approximate surface area is 121 Å². The highest BCUT2D eigenvalue weighted by molar-refractivity contribution is 5.53. The molecule has 1 saturated carbocycles. The highest BCUT2D eigenvalue weighted by Gasteiger charge is 2.51. The average Bonchev–Trinajstić information content (AvgIpc) is 2.92. The van der Waals surface area contributed by atoms with Crippen molar-refractivity contribution in [2.45, 2.75) is 52.2 Å². The third-order valence-electron chi connectivity index (χ3n) is 5.14. The van der Waals surface area contributed by atoms with Crippen molar-refractivity contribution in [3.8, 4) is 5.75 Å². The van der Waals surface area contributed by atoms with E-state index in [1.165, 1.54) is 11.3 Å². The van der Waals surface area contributed by atoms with Gasteiger partial charge in [-0.25, -0.2) is 0 Å². The van der Waals surface area contributed by atoms with Gasteiger partial charge in [-0.3, -0.25) is 0 Å². The molecule has 3 rings (SSSR count). The Bertz CT molecular complexity index is 488. The number of anilines is 1. The van der Waals surface area contributed by atoms with Crippen molar-refractivity contribution in [1.82, 2.24) is 0 Å². The molecule has 1 N–H and O–H groups in total. The number of ether oxygens (including phenoxy) is 2. The van der Waals surface area contributed by atoms with Crippen molar-refractivity contribution < 1.29 is 9.47 Å². The molecular weight excluding hydrogens is 250 g/mol. The molecule has 1 fully saturated rings. The first kappa shape index (κ1) is 13.7. The fraction of sp³-hybridized carbons (Fsp3) is 0.647. The fourth-order valence-electron chi connectivity index (χ4n) is 3.45. The summed E-state index contributed by atoms with van der Waals surface area (Å²) in [6.45, 7) is 8.31. The summed E-state index contributed by atoms with van der Waals surface area (Å²) in [6, 6.07) is 6.97. The molecule has 0 saturated heterocycles. The summed E-state index contributed by atoms with van der Waals surface area (Å²) in [6.07, 6.45) is 3.67.